The SMILES string of the molecule is CCC(Sc1nc2scc(-c3ccc(C)cc3)c2c(=O)[nH]1)C(=O)Nc1nnc(C(C)C)s1. The Morgan fingerprint density at radius 3 is 2.62 bits per heavy atom. The standard InChI is InChI=1S/C22H23N5O2S3/c1-5-15(17(28)23-22-27-26-19(32-22)11(2)3)31-21-24-18(29)16-14(10-30-20(16)25-21)13-8-6-12(4)7-9-13/h6-11,15H,5H2,1-4H3,(H,23,27,28)(H,24,25,29). The van der Waals surface area contributed by atoms with E-state index in [9.17, 15) is 9.59 Å². The van der Waals surface area contributed by atoms with Gasteiger partial charge >= 0.3 is 0 Å². The maximum atomic E-state index is 12.9. The normalized spacial score (nSPS) is 12.4. The Morgan fingerprint density at radius 1 is 1.22 bits per heavy atom. The second-order valence-corrected chi connectivity index (χ2v) is 10.7. The zero-order valence-corrected chi connectivity index (χ0v) is 20.6. The highest BCUT2D eigenvalue weighted by atomic mass is 32.2. The smallest absolute Gasteiger partial charge is 0.260 e. The van der Waals surface area contributed by atoms with Crippen molar-refractivity contribution < 1.29 is 4.79 Å². The highest BCUT2D eigenvalue weighted by molar-refractivity contribution is 8.00. The van der Waals surface area contributed by atoms with E-state index in [-0.39, 0.29) is 17.4 Å². The largest absolute Gasteiger partial charge is 0.301 e. The van der Waals surface area contributed by atoms with Gasteiger partial charge in [-0.2, -0.15) is 0 Å². The van der Waals surface area contributed by atoms with Gasteiger partial charge in [-0.3, -0.25) is 14.9 Å². The summed E-state index contributed by atoms with van der Waals surface area (Å²) in [5.74, 6) is 0.0734. The first-order valence-electron chi connectivity index (χ1n) is 10.2. The molecule has 0 fully saturated rings. The van der Waals surface area contributed by atoms with Crippen LogP contribution in [0.1, 0.15) is 43.7 Å². The fourth-order valence-electron chi connectivity index (χ4n) is 3.09. The molecule has 0 aliphatic heterocycles. The Morgan fingerprint density at radius 2 is 1.97 bits per heavy atom. The molecule has 1 unspecified atom stereocenters. The van der Waals surface area contributed by atoms with Crippen LogP contribution in [0.2, 0.25) is 0 Å². The number of thiophene rings is 1. The summed E-state index contributed by atoms with van der Waals surface area (Å²) in [5.41, 5.74) is 2.82. The molecule has 4 aromatic rings. The van der Waals surface area contributed by atoms with Crippen LogP contribution in [0, 0.1) is 6.92 Å². The predicted octanol–water partition coefficient (Wildman–Crippen LogP) is 5.44. The topological polar surface area (TPSA) is 101 Å². The van der Waals surface area contributed by atoms with E-state index < -0.39 is 5.25 Å². The number of thioether (sulfide) groups is 1. The summed E-state index contributed by atoms with van der Waals surface area (Å²) < 4.78 is 0. The van der Waals surface area contributed by atoms with Crippen molar-refractivity contribution in [1.82, 2.24) is 20.2 Å². The number of anilines is 1. The molecule has 0 aliphatic rings. The molecule has 32 heavy (non-hydrogen) atoms. The molecule has 1 atom stereocenters. The van der Waals surface area contributed by atoms with Crippen molar-refractivity contribution in [1.29, 1.82) is 0 Å². The Bertz CT molecular complexity index is 1310. The van der Waals surface area contributed by atoms with Crippen molar-refractivity contribution in [2.75, 3.05) is 5.32 Å². The van der Waals surface area contributed by atoms with Gasteiger partial charge in [-0.25, -0.2) is 4.98 Å². The summed E-state index contributed by atoms with van der Waals surface area (Å²) >= 11 is 4.05. The lowest BCUT2D eigenvalue weighted by molar-refractivity contribution is -0.115. The molecule has 0 radical (unpaired) electrons. The molecule has 1 amide bonds. The number of aryl methyl sites for hydroxylation is 1. The number of carbonyl (C=O) groups excluding carboxylic acids is 1. The van der Waals surface area contributed by atoms with Gasteiger partial charge in [-0.1, -0.05) is 73.7 Å². The Labute approximate surface area is 197 Å². The van der Waals surface area contributed by atoms with Crippen molar-refractivity contribution in [3.63, 3.8) is 0 Å². The van der Waals surface area contributed by atoms with Gasteiger partial charge < -0.3 is 4.98 Å². The molecule has 10 heteroatoms. The van der Waals surface area contributed by atoms with E-state index in [0.717, 1.165) is 21.7 Å². The summed E-state index contributed by atoms with van der Waals surface area (Å²) in [7, 11) is 0. The summed E-state index contributed by atoms with van der Waals surface area (Å²) in [5, 5.41) is 14.9. The first-order valence-corrected chi connectivity index (χ1v) is 12.8. The van der Waals surface area contributed by atoms with Crippen molar-refractivity contribution in [2.45, 2.75) is 50.4 Å². The van der Waals surface area contributed by atoms with Crippen molar-refractivity contribution in [3.8, 4) is 11.1 Å². The van der Waals surface area contributed by atoms with Gasteiger partial charge in [0.2, 0.25) is 11.0 Å². The molecule has 4 rings (SSSR count). The molecule has 7 nitrogen and oxygen atoms in total. The Balaban J connectivity index is 1.55. The molecule has 2 N–H and O–H groups in total. The average Bonchev–Trinajstić information content (AvgIpc) is 3.40. The molecule has 0 saturated heterocycles. The summed E-state index contributed by atoms with van der Waals surface area (Å²) in [4.78, 5) is 33.8. The van der Waals surface area contributed by atoms with Crippen molar-refractivity contribution >= 4 is 55.7 Å². The van der Waals surface area contributed by atoms with E-state index in [1.807, 2.05) is 57.3 Å². The van der Waals surface area contributed by atoms with E-state index in [2.05, 4.69) is 25.5 Å². The number of nitrogens with one attached hydrogen (secondary N) is 2. The molecule has 166 valence electrons. The first-order chi connectivity index (χ1) is 15.4. The van der Waals surface area contributed by atoms with Crippen LogP contribution in [0.4, 0.5) is 5.13 Å². The number of hydrogen-bond acceptors (Lipinski definition) is 8. The molecule has 3 aromatic heterocycles. The Hall–Kier alpha value is -2.56. The van der Waals surface area contributed by atoms with Crippen LogP contribution in [0.5, 0.6) is 0 Å². The molecular formula is C22H23N5O2S3. The number of amides is 1. The van der Waals surface area contributed by atoms with Crippen LogP contribution >= 0.6 is 34.4 Å². The molecule has 0 aliphatic carbocycles. The fourth-order valence-corrected chi connectivity index (χ4v) is 5.74. The molecule has 0 saturated carbocycles. The van der Waals surface area contributed by atoms with Crippen LogP contribution in [-0.2, 0) is 4.79 Å². The van der Waals surface area contributed by atoms with Crippen LogP contribution in [0.25, 0.3) is 21.3 Å². The molecule has 0 spiro atoms. The molecular weight excluding hydrogens is 462 g/mol. The minimum absolute atomic E-state index is 0.182. The van der Waals surface area contributed by atoms with Crippen molar-refractivity contribution in [3.05, 3.63) is 50.6 Å². The lowest BCUT2D eigenvalue weighted by atomic mass is 10.1. The van der Waals surface area contributed by atoms with E-state index in [1.54, 1.807) is 0 Å². The van der Waals surface area contributed by atoms with Gasteiger partial charge in [0.25, 0.3) is 5.56 Å². The van der Waals surface area contributed by atoms with E-state index in [1.165, 1.54) is 34.4 Å². The van der Waals surface area contributed by atoms with Crippen molar-refractivity contribution in [2.24, 2.45) is 0 Å². The third kappa shape index (κ3) is 4.77. The van der Waals surface area contributed by atoms with Gasteiger partial charge in [0.15, 0.2) is 5.16 Å². The lowest BCUT2D eigenvalue weighted by Crippen LogP contribution is -2.25. The Kier molecular flexibility index (Phi) is 6.73. The highest BCUT2D eigenvalue weighted by Gasteiger charge is 2.22. The summed E-state index contributed by atoms with van der Waals surface area (Å²) in [6.45, 7) is 8.02. The number of aromatic amines is 1. The number of benzene rings is 1. The maximum absolute atomic E-state index is 12.9. The second kappa shape index (κ2) is 9.51. The van der Waals surface area contributed by atoms with Crippen LogP contribution in [0.15, 0.2) is 39.6 Å². The molecule has 3 heterocycles. The number of carbonyl (C=O) groups is 1. The van der Waals surface area contributed by atoms with E-state index in [0.29, 0.717) is 26.9 Å². The number of fused-ring (bicyclic) bond motifs is 1. The van der Waals surface area contributed by atoms with Gasteiger partial charge in [0, 0.05) is 16.9 Å². The predicted molar refractivity (Wildman–Crippen MR) is 133 cm³/mol. The number of aromatic nitrogens is 4. The number of rotatable bonds is 7. The second-order valence-electron chi connectivity index (χ2n) is 7.67. The van der Waals surface area contributed by atoms with E-state index >= 15 is 0 Å². The summed E-state index contributed by atoms with van der Waals surface area (Å²) in [6.07, 6.45) is 0.577. The summed E-state index contributed by atoms with van der Waals surface area (Å²) in [6, 6.07) is 8.07. The third-order valence-electron chi connectivity index (χ3n) is 4.87. The number of nitrogens with zero attached hydrogens (tertiary/aromatic N) is 3. The monoisotopic (exact) mass is 485 g/mol. The third-order valence-corrected chi connectivity index (χ3v) is 8.13. The molecule has 1 aromatic carbocycles. The van der Waals surface area contributed by atoms with Crippen LogP contribution in [-0.4, -0.2) is 31.3 Å². The van der Waals surface area contributed by atoms with Gasteiger partial charge in [0.1, 0.15) is 9.84 Å². The highest BCUT2D eigenvalue weighted by Crippen LogP contribution is 2.33. The maximum Gasteiger partial charge on any atom is 0.260 e. The first kappa shape index (κ1) is 22.6. The fraction of sp³-hybridized carbons (Fsp3) is 0.318. The minimum Gasteiger partial charge on any atom is -0.301 e. The zero-order valence-electron chi connectivity index (χ0n) is 18.1. The zero-order chi connectivity index (χ0) is 22.8. The van der Waals surface area contributed by atoms with Crippen LogP contribution in [0.3, 0.4) is 0 Å². The van der Waals surface area contributed by atoms with Gasteiger partial charge in [-0.15, -0.1) is 21.5 Å². The van der Waals surface area contributed by atoms with E-state index in [4.69, 9.17) is 0 Å². The van der Waals surface area contributed by atoms with Gasteiger partial charge in [-0.05, 0) is 18.9 Å². The quantitative estimate of drug-likeness (QED) is 0.267. The lowest BCUT2D eigenvalue weighted by Gasteiger charge is -2.12. The number of H-pyrrole nitrogens is 1. The van der Waals surface area contributed by atoms with Crippen LogP contribution < -0.4 is 10.9 Å². The minimum atomic E-state index is -0.418. The van der Waals surface area contributed by atoms with Gasteiger partial charge in [0.05, 0.1) is 10.6 Å². The molecule has 0 bridgehead atoms. The number of hydrogen-bond donors (Lipinski definition) is 2. The average molecular weight is 486 g/mol.